The third-order valence-electron chi connectivity index (χ3n) is 8.77. The Morgan fingerprint density at radius 2 is 1.49 bits per heavy atom. The van der Waals surface area contributed by atoms with Crippen molar-refractivity contribution in [3.8, 4) is 0 Å². The van der Waals surface area contributed by atoms with Crippen molar-refractivity contribution >= 4 is 11.7 Å². The fourth-order valence-electron chi connectivity index (χ4n) is 5.99. The highest BCUT2D eigenvalue weighted by atomic mass is 16.7. The summed E-state index contributed by atoms with van der Waals surface area (Å²) in [6, 6.07) is -4.41. The van der Waals surface area contributed by atoms with Gasteiger partial charge in [0.2, 0.25) is 0 Å². The van der Waals surface area contributed by atoms with E-state index < -0.39 is 122 Å². The number of aliphatic imine (C=N–C) groups is 1. The van der Waals surface area contributed by atoms with Crippen LogP contribution >= 0.6 is 0 Å². The van der Waals surface area contributed by atoms with Gasteiger partial charge in [-0.25, -0.2) is 4.99 Å². The molecule has 2 saturated carbocycles. The van der Waals surface area contributed by atoms with Gasteiger partial charge in [0.05, 0.1) is 18.8 Å². The lowest BCUT2D eigenvalue weighted by Gasteiger charge is -2.49. The van der Waals surface area contributed by atoms with E-state index >= 15 is 0 Å². The first-order valence-corrected chi connectivity index (χ1v) is 14.1. The van der Waals surface area contributed by atoms with Gasteiger partial charge in [0, 0.05) is 31.5 Å². The van der Waals surface area contributed by atoms with E-state index in [1.54, 1.807) is 0 Å². The van der Waals surface area contributed by atoms with Crippen LogP contribution in [0.15, 0.2) is 4.99 Å². The lowest BCUT2D eigenvalue weighted by molar-refractivity contribution is -0.323. The van der Waals surface area contributed by atoms with E-state index in [4.69, 9.17) is 53.3 Å². The highest BCUT2D eigenvalue weighted by molar-refractivity contribution is 5.91. The molecule has 2 aliphatic carbocycles. The molecule has 4 aliphatic rings. The standard InChI is InChI=1S/C24H45N7O12/c25-4-8-15(35)17(37)13(31-23(29)30)21(40-8)43-20-7(26)1-6(2-11(33)24(39)3-10(24)27)19(18(20)38)42-22-16(36)12(28)14(34)9(5-32)41-22/h6-10,12-22,32,34-39H,1-5,25-28H2,(H4,29,30,31)/t6-,7-,8+,9+,10?,12-,13+,14+,15+,16+,17+,18+,19-,20?,21+,22+,24?/m0/s1. The number of Topliss-reactive ketones (excluding diaryl/α,β-unsaturated/α-hetero) is 1. The number of ketones is 1. The largest absolute Gasteiger partial charge is 0.394 e. The predicted molar refractivity (Wildman–Crippen MR) is 144 cm³/mol. The zero-order valence-electron chi connectivity index (χ0n) is 23.4. The van der Waals surface area contributed by atoms with E-state index in [1.807, 2.05) is 0 Å². The Balaban J connectivity index is 1.61. The molecule has 19 heteroatoms. The first-order valence-electron chi connectivity index (χ1n) is 14.1. The summed E-state index contributed by atoms with van der Waals surface area (Å²) in [6.45, 7) is -0.887. The van der Waals surface area contributed by atoms with Crippen molar-refractivity contribution < 1.29 is 59.5 Å². The van der Waals surface area contributed by atoms with Crippen molar-refractivity contribution in [2.24, 2.45) is 45.3 Å². The van der Waals surface area contributed by atoms with E-state index in [0.29, 0.717) is 0 Å². The van der Waals surface area contributed by atoms with Gasteiger partial charge in [-0.15, -0.1) is 0 Å². The first kappa shape index (κ1) is 34.2. The van der Waals surface area contributed by atoms with Crippen LogP contribution in [0.4, 0.5) is 0 Å². The molecule has 0 amide bonds. The van der Waals surface area contributed by atoms with E-state index in [0.717, 1.165) is 0 Å². The van der Waals surface area contributed by atoms with Crippen LogP contribution in [0.25, 0.3) is 0 Å². The maximum Gasteiger partial charge on any atom is 0.186 e. The molecular formula is C24H45N7O12. The Kier molecular flexibility index (Phi) is 10.6. The van der Waals surface area contributed by atoms with Gasteiger partial charge in [-0.3, -0.25) is 4.79 Å². The summed E-state index contributed by atoms with van der Waals surface area (Å²) in [5, 5.41) is 73.7. The topological polar surface area (TPSA) is 364 Å². The summed E-state index contributed by atoms with van der Waals surface area (Å²) in [7, 11) is 0. The molecule has 43 heavy (non-hydrogen) atoms. The second kappa shape index (κ2) is 13.4. The normalized spacial score (nSPS) is 50.2. The van der Waals surface area contributed by atoms with E-state index in [-0.39, 0.29) is 25.8 Å². The van der Waals surface area contributed by atoms with Crippen molar-refractivity contribution in [2.75, 3.05) is 13.2 Å². The summed E-state index contributed by atoms with van der Waals surface area (Å²) >= 11 is 0. The molecule has 0 spiro atoms. The molecule has 0 radical (unpaired) electrons. The van der Waals surface area contributed by atoms with Gasteiger partial charge < -0.3 is 89.1 Å². The van der Waals surface area contributed by atoms with Crippen LogP contribution in [0, 0.1) is 5.92 Å². The zero-order chi connectivity index (χ0) is 32.0. The Labute approximate surface area is 246 Å². The lowest BCUT2D eigenvalue weighted by atomic mass is 9.76. The third kappa shape index (κ3) is 6.81. The van der Waals surface area contributed by atoms with Crippen LogP contribution in [0.1, 0.15) is 19.3 Å². The molecule has 2 saturated heterocycles. The molecule has 17 atom stereocenters. The Bertz CT molecular complexity index is 1010. The molecule has 4 fully saturated rings. The fraction of sp³-hybridized carbons (Fsp3) is 0.917. The number of carbonyl (C=O) groups excluding carboxylic acids is 1. The summed E-state index contributed by atoms with van der Waals surface area (Å²) in [5.74, 6) is -1.93. The lowest BCUT2D eigenvalue weighted by Crippen LogP contribution is -2.67. The molecule has 2 heterocycles. The number of carbonyl (C=O) groups is 1. The smallest absolute Gasteiger partial charge is 0.186 e. The molecule has 0 aromatic rings. The van der Waals surface area contributed by atoms with E-state index in [2.05, 4.69) is 4.99 Å². The van der Waals surface area contributed by atoms with Crippen LogP contribution in [0.2, 0.25) is 0 Å². The monoisotopic (exact) mass is 623 g/mol. The number of hydrogen-bond acceptors (Lipinski definition) is 17. The van der Waals surface area contributed by atoms with Gasteiger partial charge in [-0.05, 0) is 12.3 Å². The molecule has 19 nitrogen and oxygen atoms in total. The van der Waals surface area contributed by atoms with Crippen LogP contribution in [0.5, 0.6) is 0 Å². The van der Waals surface area contributed by atoms with Gasteiger partial charge in [0.1, 0.15) is 60.5 Å². The molecular weight excluding hydrogens is 578 g/mol. The second-order valence-corrected chi connectivity index (χ2v) is 11.8. The Morgan fingerprint density at radius 1 is 0.884 bits per heavy atom. The number of nitrogens with two attached hydrogens (primary N) is 6. The highest BCUT2D eigenvalue weighted by Crippen LogP contribution is 2.41. The molecule has 3 unspecified atom stereocenters. The second-order valence-electron chi connectivity index (χ2n) is 11.8. The van der Waals surface area contributed by atoms with Crippen molar-refractivity contribution in [1.82, 2.24) is 0 Å². The number of guanidine groups is 1. The van der Waals surface area contributed by atoms with Gasteiger partial charge in [-0.2, -0.15) is 0 Å². The molecule has 0 aromatic heterocycles. The van der Waals surface area contributed by atoms with Gasteiger partial charge >= 0.3 is 0 Å². The van der Waals surface area contributed by atoms with Crippen LogP contribution in [-0.4, -0.2) is 158 Å². The molecule has 19 N–H and O–H groups in total. The summed E-state index contributed by atoms with van der Waals surface area (Å²) < 4.78 is 23.2. The van der Waals surface area contributed by atoms with Crippen LogP contribution in [-0.2, 0) is 23.7 Å². The number of ether oxygens (including phenoxy) is 4. The molecule has 0 bridgehead atoms. The minimum Gasteiger partial charge on any atom is -0.394 e. The van der Waals surface area contributed by atoms with Gasteiger partial charge in [0.15, 0.2) is 24.3 Å². The van der Waals surface area contributed by atoms with Crippen molar-refractivity contribution in [1.29, 1.82) is 0 Å². The number of hydrogen-bond donors (Lipinski definition) is 13. The number of aliphatic hydroxyl groups excluding tert-OH is 6. The molecule has 2 aliphatic heterocycles. The third-order valence-corrected chi connectivity index (χ3v) is 8.77. The molecule has 4 rings (SSSR count). The summed E-state index contributed by atoms with van der Waals surface area (Å²) in [5.41, 5.74) is 33.0. The van der Waals surface area contributed by atoms with Gasteiger partial charge in [-0.1, -0.05) is 0 Å². The van der Waals surface area contributed by atoms with Gasteiger partial charge in [0.25, 0.3) is 0 Å². The van der Waals surface area contributed by atoms with Crippen molar-refractivity contribution in [2.45, 2.75) is 117 Å². The molecule has 248 valence electrons. The first-order chi connectivity index (χ1) is 20.1. The fourth-order valence-corrected chi connectivity index (χ4v) is 5.99. The van der Waals surface area contributed by atoms with E-state index in [9.17, 15) is 40.5 Å². The summed E-state index contributed by atoms with van der Waals surface area (Å²) in [6.07, 6.45) is -16.2. The van der Waals surface area contributed by atoms with Crippen molar-refractivity contribution in [3.63, 3.8) is 0 Å². The zero-order valence-corrected chi connectivity index (χ0v) is 23.4. The Morgan fingerprint density at radius 3 is 2.05 bits per heavy atom. The predicted octanol–water partition coefficient (Wildman–Crippen LogP) is -8.30. The van der Waals surface area contributed by atoms with Crippen LogP contribution < -0.4 is 34.4 Å². The van der Waals surface area contributed by atoms with Crippen molar-refractivity contribution in [3.05, 3.63) is 0 Å². The van der Waals surface area contributed by atoms with Crippen LogP contribution in [0.3, 0.4) is 0 Å². The highest BCUT2D eigenvalue weighted by Gasteiger charge is 2.58. The summed E-state index contributed by atoms with van der Waals surface area (Å²) in [4.78, 5) is 16.9. The maximum atomic E-state index is 13.0. The Hall–Kier alpha value is -1.66. The number of aliphatic hydroxyl groups is 7. The minimum atomic E-state index is -1.74. The van der Waals surface area contributed by atoms with E-state index in [1.165, 1.54) is 0 Å². The molecule has 0 aromatic carbocycles. The average Bonchev–Trinajstić information content (AvgIpc) is 3.58. The average molecular weight is 624 g/mol. The quantitative estimate of drug-likeness (QED) is 0.0793. The minimum absolute atomic E-state index is 0.0322. The SMILES string of the molecule is NC[C@H]1O[C@H](OC2[C@@H](N)C[C@@H](CC(=O)C3(O)CC3N)[C@H](O[C@H]3O[C@H](CO)[C@@H](O)[C@H](N)[C@H]3O)[C@H]2O)[C@H](N=C(N)N)[C@@H](O)[C@@H]1O. The number of rotatable bonds is 10. The maximum absolute atomic E-state index is 13.0. The number of nitrogens with zero attached hydrogens (tertiary/aromatic N) is 1.